The van der Waals surface area contributed by atoms with Crippen LogP contribution in [0.1, 0.15) is 31.6 Å². The molecule has 0 aromatic carbocycles. The molecule has 2 rings (SSSR count). The molecule has 0 radical (unpaired) electrons. The zero-order valence-corrected chi connectivity index (χ0v) is 10.8. The topological polar surface area (TPSA) is 82.8 Å². The number of rotatable bonds is 3. The standard InChI is InChI=1S/C13H18N2O4/c1-9(11-5-3-7-19-11)14-13(18)15-6-2-4-10(8-15)12(16)17/h3,5,7,9-10H,2,4,6,8H2,1H3,(H,14,18)(H,16,17). The molecule has 19 heavy (non-hydrogen) atoms. The third-order valence-corrected chi connectivity index (χ3v) is 3.37. The Morgan fingerprint density at radius 2 is 2.37 bits per heavy atom. The highest BCUT2D eigenvalue weighted by Crippen LogP contribution is 2.18. The van der Waals surface area contributed by atoms with Gasteiger partial charge < -0.3 is 19.7 Å². The highest BCUT2D eigenvalue weighted by Gasteiger charge is 2.28. The summed E-state index contributed by atoms with van der Waals surface area (Å²) in [4.78, 5) is 24.6. The number of carbonyl (C=O) groups is 2. The number of nitrogens with one attached hydrogen (secondary N) is 1. The number of aliphatic carboxylic acids is 1. The Balaban J connectivity index is 1.91. The summed E-state index contributed by atoms with van der Waals surface area (Å²) in [5.74, 6) is -0.616. The highest BCUT2D eigenvalue weighted by atomic mass is 16.4. The van der Waals surface area contributed by atoms with Gasteiger partial charge in [0, 0.05) is 13.1 Å². The van der Waals surface area contributed by atoms with Crippen molar-refractivity contribution < 1.29 is 19.1 Å². The van der Waals surface area contributed by atoms with Crippen molar-refractivity contribution >= 4 is 12.0 Å². The maximum absolute atomic E-state index is 12.1. The van der Waals surface area contributed by atoms with E-state index in [1.807, 2.05) is 6.92 Å². The summed E-state index contributed by atoms with van der Waals surface area (Å²) in [5, 5.41) is 11.8. The van der Waals surface area contributed by atoms with E-state index in [4.69, 9.17) is 9.52 Å². The number of urea groups is 1. The van der Waals surface area contributed by atoms with Gasteiger partial charge in [0.1, 0.15) is 5.76 Å². The fourth-order valence-corrected chi connectivity index (χ4v) is 2.25. The molecule has 1 aliphatic heterocycles. The van der Waals surface area contributed by atoms with E-state index in [0.29, 0.717) is 18.7 Å². The number of carboxylic acids is 1. The lowest BCUT2D eigenvalue weighted by Gasteiger charge is -2.31. The third kappa shape index (κ3) is 3.27. The Morgan fingerprint density at radius 3 is 3.00 bits per heavy atom. The van der Waals surface area contributed by atoms with Crippen LogP contribution in [0.2, 0.25) is 0 Å². The van der Waals surface area contributed by atoms with Gasteiger partial charge in [-0.25, -0.2) is 4.79 Å². The number of amides is 2. The van der Waals surface area contributed by atoms with Gasteiger partial charge in [0.15, 0.2) is 0 Å². The molecule has 0 spiro atoms. The Labute approximate surface area is 111 Å². The molecule has 2 atom stereocenters. The number of hydrogen-bond acceptors (Lipinski definition) is 3. The van der Waals surface area contributed by atoms with Crippen molar-refractivity contribution in [2.24, 2.45) is 5.92 Å². The summed E-state index contributed by atoms with van der Waals surface area (Å²) in [6.07, 6.45) is 2.91. The molecule has 0 saturated carbocycles. The van der Waals surface area contributed by atoms with Gasteiger partial charge in [0.25, 0.3) is 0 Å². The van der Waals surface area contributed by atoms with E-state index >= 15 is 0 Å². The molecule has 2 unspecified atom stereocenters. The largest absolute Gasteiger partial charge is 0.481 e. The second-order valence-corrected chi connectivity index (χ2v) is 4.81. The lowest BCUT2D eigenvalue weighted by Crippen LogP contribution is -2.47. The zero-order chi connectivity index (χ0) is 13.8. The second kappa shape index (κ2) is 5.77. The van der Waals surface area contributed by atoms with Crippen molar-refractivity contribution in [1.29, 1.82) is 0 Å². The molecule has 6 heteroatoms. The molecule has 1 aromatic rings. The van der Waals surface area contributed by atoms with E-state index < -0.39 is 11.9 Å². The van der Waals surface area contributed by atoms with Gasteiger partial charge in [-0.1, -0.05) is 0 Å². The summed E-state index contributed by atoms with van der Waals surface area (Å²) in [6.45, 7) is 2.70. The minimum Gasteiger partial charge on any atom is -0.481 e. The molecule has 104 valence electrons. The van der Waals surface area contributed by atoms with Crippen molar-refractivity contribution in [1.82, 2.24) is 10.2 Å². The maximum atomic E-state index is 12.1. The molecular formula is C13H18N2O4. The van der Waals surface area contributed by atoms with Gasteiger partial charge in [-0.05, 0) is 31.9 Å². The van der Waals surface area contributed by atoms with Crippen LogP contribution in [0.4, 0.5) is 4.79 Å². The number of carbonyl (C=O) groups excluding carboxylic acids is 1. The lowest BCUT2D eigenvalue weighted by atomic mass is 9.99. The monoisotopic (exact) mass is 266 g/mol. The van der Waals surface area contributed by atoms with Gasteiger partial charge in [-0.15, -0.1) is 0 Å². The summed E-state index contributed by atoms with van der Waals surface area (Å²) < 4.78 is 5.22. The first kappa shape index (κ1) is 13.5. The van der Waals surface area contributed by atoms with Crippen molar-refractivity contribution in [3.05, 3.63) is 24.2 Å². The summed E-state index contributed by atoms with van der Waals surface area (Å²) in [6, 6.07) is 3.09. The third-order valence-electron chi connectivity index (χ3n) is 3.37. The van der Waals surface area contributed by atoms with Gasteiger partial charge in [0.2, 0.25) is 0 Å². The van der Waals surface area contributed by atoms with E-state index in [2.05, 4.69) is 5.32 Å². The fraction of sp³-hybridized carbons (Fsp3) is 0.538. The first-order valence-corrected chi connectivity index (χ1v) is 6.39. The molecule has 0 bridgehead atoms. The number of carboxylic acid groups (broad SMARTS) is 1. The van der Waals surface area contributed by atoms with Gasteiger partial charge in [-0.3, -0.25) is 4.79 Å². The Morgan fingerprint density at radius 1 is 1.58 bits per heavy atom. The highest BCUT2D eigenvalue weighted by molar-refractivity contribution is 5.76. The van der Waals surface area contributed by atoms with Gasteiger partial charge in [0.05, 0.1) is 18.2 Å². The predicted octanol–water partition coefficient (Wildman–Crippen LogP) is 1.85. The molecule has 2 N–H and O–H groups in total. The summed E-state index contributed by atoms with van der Waals surface area (Å²) >= 11 is 0. The maximum Gasteiger partial charge on any atom is 0.318 e. The molecule has 0 aliphatic carbocycles. The van der Waals surface area contributed by atoms with Crippen molar-refractivity contribution in [3.8, 4) is 0 Å². The van der Waals surface area contributed by atoms with E-state index in [0.717, 1.165) is 6.42 Å². The van der Waals surface area contributed by atoms with E-state index in [9.17, 15) is 9.59 Å². The fourth-order valence-electron chi connectivity index (χ4n) is 2.25. The van der Waals surface area contributed by atoms with E-state index in [1.54, 1.807) is 23.3 Å². The Hall–Kier alpha value is -1.98. The van der Waals surface area contributed by atoms with Crippen LogP contribution in [0.25, 0.3) is 0 Å². The van der Waals surface area contributed by atoms with Crippen molar-refractivity contribution in [2.75, 3.05) is 13.1 Å². The van der Waals surface area contributed by atoms with Crippen LogP contribution in [0, 0.1) is 5.92 Å². The number of piperidine rings is 1. The first-order valence-electron chi connectivity index (χ1n) is 6.39. The smallest absolute Gasteiger partial charge is 0.318 e. The number of hydrogen-bond donors (Lipinski definition) is 2. The van der Waals surface area contributed by atoms with Crippen molar-refractivity contribution in [2.45, 2.75) is 25.8 Å². The number of nitrogens with zero attached hydrogens (tertiary/aromatic N) is 1. The predicted molar refractivity (Wildman–Crippen MR) is 67.6 cm³/mol. The van der Waals surface area contributed by atoms with E-state index in [1.165, 1.54) is 0 Å². The molecule has 2 amide bonds. The van der Waals surface area contributed by atoms with Crippen LogP contribution in [0.3, 0.4) is 0 Å². The number of likely N-dealkylation sites (tertiary alicyclic amines) is 1. The van der Waals surface area contributed by atoms with Crippen molar-refractivity contribution in [3.63, 3.8) is 0 Å². The molecule has 6 nitrogen and oxygen atoms in total. The zero-order valence-electron chi connectivity index (χ0n) is 10.8. The summed E-state index contributed by atoms with van der Waals surface area (Å²) in [5.41, 5.74) is 0. The normalized spacial score (nSPS) is 20.9. The lowest BCUT2D eigenvalue weighted by molar-refractivity contribution is -0.143. The van der Waals surface area contributed by atoms with Gasteiger partial charge >= 0.3 is 12.0 Å². The summed E-state index contributed by atoms with van der Waals surface area (Å²) in [7, 11) is 0. The molecule has 1 saturated heterocycles. The van der Waals surface area contributed by atoms with Crippen LogP contribution in [-0.2, 0) is 4.79 Å². The first-order chi connectivity index (χ1) is 9.08. The molecule has 1 aromatic heterocycles. The van der Waals surface area contributed by atoms with Crippen LogP contribution >= 0.6 is 0 Å². The Bertz CT molecular complexity index is 444. The van der Waals surface area contributed by atoms with Crippen LogP contribution in [0.5, 0.6) is 0 Å². The minimum atomic E-state index is -0.836. The average molecular weight is 266 g/mol. The molecule has 2 heterocycles. The van der Waals surface area contributed by atoms with Crippen LogP contribution in [-0.4, -0.2) is 35.1 Å². The SMILES string of the molecule is CC(NC(=O)N1CCCC(C(=O)O)C1)c1ccco1. The minimum absolute atomic E-state index is 0.229. The molecule has 1 aliphatic rings. The van der Waals surface area contributed by atoms with Crippen LogP contribution < -0.4 is 5.32 Å². The van der Waals surface area contributed by atoms with Crippen LogP contribution in [0.15, 0.2) is 22.8 Å². The molecule has 1 fully saturated rings. The van der Waals surface area contributed by atoms with Gasteiger partial charge in [-0.2, -0.15) is 0 Å². The number of furan rings is 1. The average Bonchev–Trinajstić information content (AvgIpc) is 2.92. The van der Waals surface area contributed by atoms with E-state index in [-0.39, 0.29) is 18.6 Å². The second-order valence-electron chi connectivity index (χ2n) is 4.81. The quantitative estimate of drug-likeness (QED) is 0.874. The molecular weight excluding hydrogens is 248 g/mol. The Kier molecular flexibility index (Phi) is 4.09.